The number of amides is 1. The maximum Gasteiger partial charge on any atom is 0.266 e. The summed E-state index contributed by atoms with van der Waals surface area (Å²) in [7, 11) is 1.54. The molecule has 0 atom stereocenters. The smallest absolute Gasteiger partial charge is 0.266 e. The van der Waals surface area contributed by atoms with Crippen molar-refractivity contribution in [1.29, 1.82) is 5.26 Å². The zero-order valence-corrected chi connectivity index (χ0v) is 19.9. The molecule has 0 fully saturated rings. The Kier molecular flexibility index (Phi) is 8.50. The van der Waals surface area contributed by atoms with Crippen LogP contribution in [0.1, 0.15) is 18.1 Å². The topological polar surface area (TPSA) is 80.6 Å². The molecule has 0 heterocycles. The average molecular weight is 507 g/mol. The number of hydrogen-bond donors (Lipinski definition) is 1. The van der Waals surface area contributed by atoms with Crippen LogP contribution in [0.25, 0.3) is 6.08 Å². The van der Waals surface area contributed by atoms with Gasteiger partial charge in [-0.1, -0.05) is 40.2 Å². The zero-order valence-electron chi connectivity index (χ0n) is 18.3. The molecule has 0 aliphatic carbocycles. The maximum absolute atomic E-state index is 12.6. The minimum absolute atomic E-state index is 0.0394. The molecule has 3 aromatic rings. The second kappa shape index (κ2) is 11.7. The van der Waals surface area contributed by atoms with Gasteiger partial charge < -0.3 is 19.5 Å². The summed E-state index contributed by atoms with van der Waals surface area (Å²) < 4.78 is 17.8. The molecule has 0 aliphatic rings. The molecule has 0 unspecified atom stereocenters. The van der Waals surface area contributed by atoms with Gasteiger partial charge in [0.2, 0.25) is 0 Å². The number of halogens is 1. The molecule has 1 amide bonds. The number of ether oxygens (including phenoxy) is 3. The molecule has 3 rings (SSSR count). The summed E-state index contributed by atoms with van der Waals surface area (Å²) in [6, 6.07) is 22.0. The number of carbonyl (C=O) groups is 1. The van der Waals surface area contributed by atoms with Crippen LogP contribution in [0.2, 0.25) is 0 Å². The van der Waals surface area contributed by atoms with Gasteiger partial charge in [0.05, 0.1) is 13.7 Å². The highest BCUT2D eigenvalue weighted by Crippen LogP contribution is 2.30. The highest BCUT2D eigenvalue weighted by atomic mass is 79.9. The standard InChI is InChI=1S/C26H23BrN2O4/c1-3-32-23-6-4-5-22(15-23)29-26(30)20(16-28)13-19-9-12-24(25(14-19)31-2)33-17-18-7-10-21(27)11-8-18/h4-15H,3,17H2,1-2H3,(H,29,30). The molecule has 33 heavy (non-hydrogen) atoms. The second-order valence-corrected chi connectivity index (χ2v) is 7.83. The van der Waals surface area contributed by atoms with E-state index in [1.54, 1.807) is 49.6 Å². The fraction of sp³-hybridized carbons (Fsp3) is 0.154. The largest absolute Gasteiger partial charge is 0.494 e. The molecular formula is C26H23BrN2O4. The molecule has 0 saturated heterocycles. The van der Waals surface area contributed by atoms with Crippen LogP contribution in [0.15, 0.2) is 76.8 Å². The maximum atomic E-state index is 12.6. The third kappa shape index (κ3) is 6.86. The van der Waals surface area contributed by atoms with E-state index in [1.165, 1.54) is 6.08 Å². The average Bonchev–Trinajstić information content (AvgIpc) is 2.83. The third-order valence-electron chi connectivity index (χ3n) is 4.57. The van der Waals surface area contributed by atoms with Crippen LogP contribution in [0.4, 0.5) is 5.69 Å². The molecule has 168 valence electrons. The molecular weight excluding hydrogens is 484 g/mol. The summed E-state index contributed by atoms with van der Waals surface area (Å²) in [5.74, 6) is 1.19. The van der Waals surface area contributed by atoms with Gasteiger partial charge in [0.15, 0.2) is 11.5 Å². The number of methoxy groups -OCH3 is 1. The first-order valence-electron chi connectivity index (χ1n) is 10.2. The summed E-state index contributed by atoms with van der Waals surface area (Å²) >= 11 is 3.41. The Hall–Kier alpha value is -3.76. The van der Waals surface area contributed by atoms with Crippen LogP contribution in [-0.2, 0) is 11.4 Å². The number of hydrogen-bond acceptors (Lipinski definition) is 5. The fourth-order valence-corrected chi connectivity index (χ4v) is 3.24. The van der Waals surface area contributed by atoms with Gasteiger partial charge in [-0.05, 0) is 60.5 Å². The predicted molar refractivity (Wildman–Crippen MR) is 131 cm³/mol. The SMILES string of the molecule is CCOc1cccc(NC(=O)C(C#N)=Cc2ccc(OCc3ccc(Br)cc3)c(OC)c2)c1. The number of nitrogens with one attached hydrogen (secondary N) is 1. The molecule has 3 aromatic carbocycles. The molecule has 0 radical (unpaired) electrons. The summed E-state index contributed by atoms with van der Waals surface area (Å²) in [4.78, 5) is 12.6. The Labute approximate surface area is 201 Å². The normalized spacial score (nSPS) is 10.8. The van der Waals surface area contributed by atoms with E-state index < -0.39 is 5.91 Å². The number of anilines is 1. The van der Waals surface area contributed by atoms with Crippen LogP contribution in [0, 0.1) is 11.3 Å². The first kappa shape index (κ1) is 23.9. The summed E-state index contributed by atoms with van der Waals surface area (Å²) in [6.07, 6.45) is 1.50. The number of carbonyl (C=O) groups excluding carboxylic acids is 1. The van der Waals surface area contributed by atoms with Gasteiger partial charge in [0, 0.05) is 16.2 Å². The van der Waals surface area contributed by atoms with Crippen molar-refractivity contribution in [3.8, 4) is 23.3 Å². The Morgan fingerprint density at radius 3 is 2.55 bits per heavy atom. The number of nitrogens with zero attached hydrogens (tertiary/aromatic N) is 1. The van der Waals surface area contributed by atoms with Crippen molar-refractivity contribution in [2.24, 2.45) is 0 Å². The van der Waals surface area contributed by atoms with Gasteiger partial charge >= 0.3 is 0 Å². The third-order valence-corrected chi connectivity index (χ3v) is 5.10. The van der Waals surface area contributed by atoms with Crippen molar-refractivity contribution < 1.29 is 19.0 Å². The first-order chi connectivity index (χ1) is 16.0. The molecule has 0 spiro atoms. The molecule has 6 nitrogen and oxygen atoms in total. The van der Waals surface area contributed by atoms with E-state index in [0.29, 0.717) is 41.7 Å². The van der Waals surface area contributed by atoms with Gasteiger partial charge in [-0.25, -0.2) is 0 Å². The Bertz CT molecular complexity index is 1180. The summed E-state index contributed by atoms with van der Waals surface area (Å²) in [5.41, 5.74) is 2.16. The van der Waals surface area contributed by atoms with Crippen LogP contribution >= 0.6 is 15.9 Å². The molecule has 0 bridgehead atoms. The van der Waals surface area contributed by atoms with E-state index in [1.807, 2.05) is 37.3 Å². The summed E-state index contributed by atoms with van der Waals surface area (Å²) in [6.45, 7) is 2.78. The lowest BCUT2D eigenvalue weighted by molar-refractivity contribution is -0.112. The second-order valence-electron chi connectivity index (χ2n) is 6.91. The molecule has 0 saturated carbocycles. The van der Waals surface area contributed by atoms with Crippen molar-refractivity contribution in [3.63, 3.8) is 0 Å². The Balaban J connectivity index is 1.73. The highest BCUT2D eigenvalue weighted by Gasteiger charge is 2.12. The van der Waals surface area contributed by atoms with E-state index in [4.69, 9.17) is 14.2 Å². The lowest BCUT2D eigenvalue weighted by Crippen LogP contribution is -2.13. The van der Waals surface area contributed by atoms with E-state index in [2.05, 4.69) is 21.2 Å². The van der Waals surface area contributed by atoms with Crippen molar-refractivity contribution >= 4 is 33.6 Å². The number of rotatable bonds is 9. The molecule has 1 N–H and O–H groups in total. The van der Waals surface area contributed by atoms with Crippen LogP contribution < -0.4 is 19.5 Å². The van der Waals surface area contributed by atoms with Crippen molar-refractivity contribution in [3.05, 3.63) is 87.9 Å². The fourth-order valence-electron chi connectivity index (χ4n) is 2.98. The minimum Gasteiger partial charge on any atom is -0.494 e. The monoisotopic (exact) mass is 506 g/mol. The zero-order chi connectivity index (χ0) is 23.6. The van der Waals surface area contributed by atoms with Gasteiger partial charge in [-0.15, -0.1) is 0 Å². The molecule has 0 aromatic heterocycles. The van der Waals surface area contributed by atoms with Gasteiger partial charge in [0.1, 0.15) is 24.0 Å². The van der Waals surface area contributed by atoms with Crippen LogP contribution in [0.3, 0.4) is 0 Å². The number of benzene rings is 3. The lowest BCUT2D eigenvalue weighted by Gasteiger charge is -2.12. The molecule has 7 heteroatoms. The van der Waals surface area contributed by atoms with Gasteiger partial charge in [0.25, 0.3) is 5.91 Å². The lowest BCUT2D eigenvalue weighted by atomic mass is 10.1. The Morgan fingerprint density at radius 1 is 1.06 bits per heavy atom. The first-order valence-corrected chi connectivity index (χ1v) is 11.0. The van der Waals surface area contributed by atoms with Gasteiger partial charge in [-0.3, -0.25) is 4.79 Å². The molecule has 0 aliphatic heterocycles. The van der Waals surface area contributed by atoms with E-state index >= 15 is 0 Å². The van der Waals surface area contributed by atoms with E-state index in [-0.39, 0.29) is 5.57 Å². The van der Waals surface area contributed by atoms with E-state index in [0.717, 1.165) is 10.0 Å². The van der Waals surface area contributed by atoms with E-state index in [9.17, 15) is 10.1 Å². The van der Waals surface area contributed by atoms with Crippen LogP contribution in [0.5, 0.6) is 17.2 Å². The highest BCUT2D eigenvalue weighted by molar-refractivity contribution is 9.10. The van der Waals surface area contributed by atoms with Crippen molar-refractivity contribution in [2.75, 3.05) is 19.0 Å². The van der Waals surface area contributed by atoms with Crippen LogP contribution in [-0.4, -0.2) is 19.6 Å². The Morgan fingerprint density at radius 2 is 1.85 bits per heavy atom. The predicted octanol–water partition coefficient (Wildman–Crippen LogP) is 5.98. The number of nitriles is 1. The summed E-state index contributed by atoms with van der Waals surface area (Å²) in [5, 5.41) is 12.2. The minimum atomic E-state index is -0.513. The van der Waals surface area contributed by atoms with Gasteiger partial charge in [-0.2, -0.15) is 5.26 Å². The van der Waals surface area contributed by atoms with Crippen molar-refractivity contribution in [1.82, 2.24) is 0 Å². The quantitative estimate of drug-likeness (QED) is 0.285. The van der Waals surface area contributed by atoms with Crippen molar-refractivity contribution in [2.45, 2.75) is 13.5 Å².